The minimum atomic E-state index is -0.597. The number of hydrogen-bond donors (Lipinski definition) is 1. The molecule has 146 valence electrons. The molecule has 1 N–H and O–H groups in total. The Morgan fingerprint density at radius 3 is 2.66 bits per heavy atom. The van der Waals surface area contributed by atoms with Gasteiger partial charge in [-0.25, -0.2) is 9.97 Å². The van der Waals surface area contributed by atoms with E-state index < -0.39 is 6.04 Å². The minimum Gasteiger partial charge on any atom is -0.345 e. The molecule has 0 aliphatic carbocycles. The Hall–Kier alpha value is -3.61. The summed E-state index contributed by atoms with van der Waals surface area (Å²) >= 11 is 0. The van der Waals surface area contributed by atoms with Crippen molar-refractivity contribution in [2.24, 2.45) is 0 Å². The van der Waals surface area contributed by atoms with E-state index in [9.17, 15) is 9.59 Å². The van der Waals surface area contributed by atoms with E-state index >= 15 is 0 Å². The van der Waals surface area contributed by atoms with Gasteiger partial charge in [-0.05, 0) is 36.6 Å². The van der Waals surface area contributed by atoms with Crippen LogP contribution in [0.15, 0.2) is 55.0 Å². The maximum atomic E-state index is 12.9. The molecule has 1 amide bonds. The molecule has 1 atom stereocenters. The Morgan fingerprint density at radius 1 is 1.10 bits per heavy atom. The number of benzene rings is 1. The topological polar surface area (TPSA) is 88.1 Å². The van der Waals surface area contributed by atoms with E-state index in [-0.39, 0.29) is 18.2 Å². The molecule has 2 aromatic heterocycles. The summed E-state index contributed by atoms with van der Waals surface area (Å²) in [5, 5.41) is 2.90. The van der Waals surface area contributed by atoms with Gasteiger partial charge in [0.05, 0.1) is 18.3 Å². The number of ketones is 1. The lowest BCUT2D eigenvalue weighted by Gasteiger charge is -2.21. The fraction of sp³-hybridized carbons (Fsp3) is 0.227. The van der Waals surface area contributed by atoms with Crippen LogP contribution in [-0.2, 0) is 11.2 Å². The number of aromatic nitrogens is 3. The molecule has 3 heterocycles. The molecule has 0 saturated heterocycles. The highest BCUT2D eigenvalue weighted by Crippen LogP contribution is 2.34. The summed E-state index contributed by atoms with van der Waals surface area (Å²) in [6.45, 7) is 3.80. The highest BCUT2D eigenvalue weighted by Gasteiger charge is 2.39. The van der Waals surface area contributed by atoms with Crippen molar-refractivity contribution >= 4 is 23.3 Å². The van der Waals surface area contributed by atoms with Gasteiger partial charge < -0.3 is 5.32 Å². The molecule has 4 rings (SSSR count). The monoisotopic (exact) mass is 387 g/mol. The van der Waals surface area contributed by atoms with Crippen LogP contribution in [0.2, 0.25) is 0 Å². The molecule has 1 unspecified atom stereocenters. The van der Waals surface area contributed by atoms with E-state index in [1.54, 1.807) is 31.6 Å². The van der Waals surface area contributed by atoms with Gasteiger partial charge in [-0.15, -0.1) is 0 Å². The third-order valence-electron chi connectivity index (χ3n) is 5.03. The normalized spacial score (nSPS) is 15.3. The van der Waals surface area contributed by atoms with Crippen molar-refractivity contribution in [1.29, 1.82) is 0 Å². The lowest BCUT2D eigenvalue weighted by atomic mass is 10.0. The van der Waals surface area contributed by atoms with Crippen LogP contribution in [0.1, 0.15) is 29.9 Å². The highest BCUT2D eigenvalue weighted by atomic mass is 16.2. The number of fused-ring (bicyclic) bond motifs is 1. The molecule has 29 heavy (non-hydrogen) atoms. The van der Waals surface area contributed by atoms with E-state index in [4.69, 9.17) is 0 Å². The van der Waals surface area contributed by atoms with Gasteiger partial charge in [0.15, 0.2) is 0 Å². The summed E-state index contributed by atoms with van der Waals surface area (Å²) in [7, 11) is 0. The first kappa shape index (κ1) is 18.7. The molecule has 7 nitrogen and oxygen atoms in total. The van der Waals surface area contributed by atoms with E-state index in [1.165, 1.54) is 10.5 Å². The van der Waals surface area contributed by atoms with Crippen LogP contribution in [0, 0.1) is 0 Å². The Bertz CT molecular complexity index is 1070. The molecule has 0 radical (unpaired) electrons. The number of Topliss-reactive ketones (excluding diaryl/α,β-unsaturated/α-hetero) is 1. The Morgan fingerprint density at radius 2 is 1.90 bits per heavy atom. The number of aryl methyl sites for hydroxylation is 1. The lowest BCUT2D eigenvalue weighted by Crippen LogP contribution is -2.41. The third kappa shape index (κ3) is 3.59. The molecule has 0 fully saturated rings. The van der Waals surface area contributed by atoms with E-state index in [1.807, 2.05) is 18.2 Å². The number of carbonyl (C=O) groups is 2. The predicted octanol–water partition coefficient (Wildman–Crippen LogP) is 3.13. The van der Waals surface area contributed by atoms with Crippen molar-refractivity contribution in [3.8, 4) is 11.1 Å². The van der Waals surface area contributed by atoms with Gasteiger partial charge in [0.25, 0.3) is 0 Å². The Kier molecular flexibility index (Phi) is 5.03. The smallest absolute Gasteiger partial charge is 0.247 e. The predicted molar refractivity (Wildman–Crippen MR) is 111 cm³/mol. The van der Waals surface area contributed by atoms with Crippen molar-refractivity contribution < 1.29 is 9.59 Å². The van der Waals surface area contributed by atoms with Gasteiger partial charge in [-0.1, -0.05) is 31.2 Å². The van der Waals surface area contributed by atoms with Crippen molar-refractivity contribution in [3.05, 3.63) is 66.2 Å². The number of carbonyl (C=O) groups excluding carboxylic acids is 2. The Balaban J connectivity index is 1.63. The SMILES string of the molecule is CCc1cccc(-c2cnc3c(c2)N(C(=O)CNc2ncccn2)C(C)C3=O)c1. The average molecular weight is 387 g/mol. The quantitative estimate of drug-likeness (QED) is 0.724. The van der Waals surface area contributed by atoms with Crippen LogP contribution in [0.25, 0.3) is 11.1 Å². The van der Waals surface area contributed by atoms with E-state index in [0.29, 0.717) is 17.3 Å². The van der Waals surface area contributed by atoms with Gasteiger partial charge in [0.2, 0.25) is 17.6 Å². The van der Waals surface area contributed by atoms with Crippen LogP contribution < -0.4 is 10.2 Å². The standard InChI is InChI=1S/C22H21N5O2/c1-3-15-6-4-7-16(10-15)17-11-18-20(25-12-17)21(29)14(2)27(18)19(28)13-26-22-23-8-5-9-24-22/h4-12,14H,3,13H2,1-2H3,(H,23,24,26). The zero-order chi connectivity index (χ0) is 20.4. The molecule has 0 saturated carbocycles. The first-order valence-corrected chi connectivity index (χ1v) is 9.55. The van der Waals surface area contributed by atoms with Gasteiger partial charge in [-0.2, -0.15) is 0 Å². The fourth-order valence-electron chi connectivity index (χ4n) is 3.46. The molecule has 1 aliphatic heterocycles. The second-order valence-corrected chi connectivity index (χ2v) is 6.88. The number of pyridine rings is 1. The fourth-order valence-corrected chi connectivity index (χ4v) is 3.46. The maximum Gasteiger partial charge on any atom is 0.247 e. The number of anilines is 2. The number of nitrogens with zero attached hydrogens (tertiary/aromatic N) is 4. The van der Waals surface area contributed by atoms with Gasteiger partial charge in [0, 0.05) is 24.2 Å². The molecular weight excluding hydrogens is 366 g/mol. The second kappa shape index (κ2) is 7.79. The summed E-state index contributed by atoms with van der Waals surface area (Å²) < 4.78 is 0. The van der Waals surface area contributed by atoms with Crippen molar-refractivity contribution in [1.82, 2.24) is 15.0 Å². The molecular formula is C22H21N5O2. The number of rotatable bonds is 5. The zero-order valence-electron chi connectivity index (χ0n) is 16.3. The summed E-state index contributed by atoms with van der Waals surface area (Å²) in [5.41, 5.74) is 3.97. The van der Waals surface area contributed by atoms with E-state index in [0.717, 1.165) is 17.5 Å². The Labute approximate surface area is 168 Å². The summed E-state index contributed by atoms with van der Waals surface area (Å²) in [6.07, 6.45) is 5.82. The summed E-state index contributed by atoms with van der Waals surface area (Å²) in [4.78, 5) is 39.5. The average Bonchev–Trinajstić information content (AvgIpc) is 3.02. The van der Waals surface area contributed by atoms with Crippen LogP contribution in [0.3, 0.4) is 0 Å². The summed E-state index contributed by atoms with van der Waals surface area (Å²) in [6, 6.07) is 11.2. The van der Waals surface area contributed by atoms with Crippen molar-refractivity contribution in [2.75, 3.05) is 16.8 Å². The molecule has 3 aromatic rings. The molecule has 1 aromatic carbocycles. The van der Waals surface area contributed by atoms with Crippen LogP contribution in [0.5, 0.6) is 0 Å². The first-order chi connectivity index (χ1) is 14.1. The number of hydrogen-bond acceptors (Lipinski definition) is 6. The second-order valence-electron chi connectivity index (χ2n) is 6.88. The van der Waals surface area contributed by atoms with Crippen LogP contribution in [0.4, 0.5) is 11.6 Å². The van der Waals surface area contributed by atoms with E-state index in [2.05, 4.69) is 39.3 Å². The minimum absolute atomic E-state index is 0.0172. The number of amides is 1. The molecule has 0 bridgehead atoms. The highest BCUT2D eigenvalue weighted by molar-refractivity contribution is 6.17. The molecule has 7 heteroatoms. The third-order valence-corrected chi connectivity index (χ3v) is 5.03. The van der Waals surface area contributed by atoms with Gasteiger partial charge >= 0.3 is 0 Å². The molecule has 0 spiro atoms. The van der Waals surface area contributed by atoms with Gasteiger partial charge in [-0.3, -0.25) is 19.5 Å². The zero-order valence-corrected chi connectivity index (χ0v) is 16.3. The maximum absolute atomic E-state index is 12.9. The number of nitrogens with one attached hydrogen (secondary N) is 1. The summed E-state index contributed by atoms with van der Waals surface area (Å²) in [5.74, 6) is -0.0287. The van der Waals surface area contributed by atoms with Crippen LogP contribution >= 0.6 is 0 Å². The first-order valence-electron chi connectivity index (χ1n) is 9.55. The molecule has 1 aliphatic rings. The van der Waals surface area contributed by atoms with Gasteiger partial charge in [0.1, 0.15) is 5.69 Å². The van der Waals surface area contributed by atoms with Crippen molar-refractivity contribution in [3.63, 3.8) is 0 Å². The lowest BCUT2D eigenvalue weighted by molar-refractivity contribution is -0.117. The van der Waals surface area contributed by atoms with Crippen molar-refractivity contribution in [2.45, 2.75) is 26.3 Å². The largest absolute Gasteiger partial charge is 0.345 e. The van der Waals surface area contributed by atoms with Crippen LogP contribution in [-0.4, -0.2) is 39.2 Å².